The Bertz CT molecular complexity index is 952. The first-order valence-electron chi connectivity index (χ1n) is 9.92. The van der Waals surface area contributed by atoms with Gasteiger partial charge < -0.3 is 10.2 Å². The highest BCUT2D eigenvalue weighted by Gasteiger charge is 2.13. The van der Waals surface area contributed by atoms with Crippen LogP contribution in [0.25, 0.3) is 0 Å². The molecule has 1 amide bonds. The van der Waals surface area contributed by atoms with E-state index in [4.69, 9.17) is 0 Å². The van der Waals surface area contributed by atoms with Crippen LogP contribution in [0.1, 0.15) is 46.8 Å². The normalized spacial score (nSPS) is 10.8. The van der Waals surface area contributed by atoms with Crippen LogP contribution in [0.3, 0.4) is 0 Å². The summed E-state index contributed by atoms with van der Waals surface area (Å²) < 4.78 is 0. The fraction of sp³-hybridized carbons (Fsp3) is 0.292. The Hall–Kier alpha value is -3.21. The van der Waals surface area contributed by atoms with Crippen molar-refractivity contribution in [2.24, 2.45) is 0 Å². The molecule has 2 aromatic heterocycles. The fourth-order valence-corrected chi connectivity index (χ4v) is 3.23. The Kier molecular flexibility index (Phi) is 6.60. The number of amides is 1. The van der Waals surface area contributed by atoms with Gasteiger partial charge in [-0.25, -0.2) is 4.98 Å². The number of benzene rings is 1. The van der Waals surface area contributed by atoms with Crippen molar-refractivity contribution in [2.45, 2.75) is 33.1 Å². The Labute approximate surface area is 172 Å². The lowest BCUT2D eigenvalue weighted by Crippen LogP contribution is -2.28. The predicted molar refractivity (Wildman–Crippen MR) is 118 cm³/mol. The number of hydrogen-bond acceptors (Lipinski definition) is 4. The van der Waals surface area contributed by atoms with Gasteiger partial charge in [0.1, 0.15) is 5.82 Å². The lowest BCUT2D eigenvalue weighted by molar-refractivity contribution is 0.0796. The van der Waals surface area contributed by atoms with E-state index in [0.717, 1.165) is 23.5 Å². The average Bonchev–Trinajstić information content (AvgIpc) is 2.74. The number of nitrogens with zero attached hydrogens (tertiary/aromatic N) is 3. The molecule has 150 valence electrons. The number of nitrogens with one attached hydrogen (secondary N) is 1. The van der Waals surface area contributed by atoms with Crippen molar-refractivity contribution in [3.05, 3.63) is 83.3 Å². The number of para-hydroxylation sites is 1. The number of likely N-dealkylation sites (N-methyl/N-ethyl adjacent to an activating group) is 1. The van der Waals surface area contributed by atoms with Crippen LogP contribution >= 0.6 is 0 Å². The minimum Gasteiger partial charge on any atom is -0.341 e. The van der Waals surface area contributed by atoms with Gasteiger partial charge in [0, 0.05) is 37.9 Å². The molecular weight excluding hydrogens is 360 g/mol. The van der Waals surface area contributed by atoms with E-state index >= 15 is 0 Å². The summed E-state index contributed by atoms with van der Waals surface area (Å²) in [6.07, 6.45) is 5.97. The Balaban J connectivity index is 1.66. The maximum absolute atomic E-state index is 12.7. The third kappa shape index (κ3) is 5.19. The van der Waals surface area contributed by atoms with Crippen molar-refractivity contribution in [3.63, 3.8) is 0 Å². The molecule has 0 atom stereocenters. The van der Waals surface area contributed by atoms with Gasteiger partial charge in [0.25, 0.3) is 5.91 Å². The molecule has 29 heavy (non-hydrogen) atoms. The molecule has 0 aliphatic carbocycles. The summed E-state index contributed by atoms with van der Waals surface area (Å²) in [6, 6.07) is 13.9. The molecule has 0 saturated heterocycles. The Morgan fingerprint density at radius 3 is 2.52 bits per heavy atom. The maximum atomic E-state index is 12.7. The van der Waals surface area contributed by atoms with E-state index < -0.39 is 0 Å². The number of hydrogen-bond donors (Lipinski definition) is 1. The highest BCUT2D eigenvalue weighted by molar-refractivity contribution is 5.94. The summed E-state index contributed by atoms with van der Waals surface area (Å²) >= 11 is 0. The van der Waals surface area contributed by atoms with Crippen LogP contribution in [0.2, 0.25) is 0 Å². The van der Waals surface area contributed by atoms with Crippen LogP contribution < -0.4 is 5.32 Å². The molecule has 3 rings (SSSR count). The van der Waals surface area contributed by atoms with Crippen LogP contribution in [0.4, 0.5) is 11.5 Å². The van der Waals surface area contributed by atoms with Crippen LogP contribution in [0.15, 0.2) is 61.1 Å². The summed E-state index contributed by atoms with van der Waals surface area (Å²) in [6.45, 7) is 7.08. The van der Waals surface area contributed by atoms with Crippen molar-refractivity contribution in [1.82, 2.24) is 14.9 Å². The third-order valence-electron chi connectivity index (χ3n) is 5.02. The number of aryl methyl sites for hydroxylation is 1. The zero-order valence-electron chi connectivity index (χ0n) is 17.5. The SMILES string of the molecule is Cc1cccc(C(C)C)c1Nc1ccc(C(=O)N(C)CCc2ccncc2)cn1. The number of carbonyl (C=O) groups excluding carboxylic acids is 1. The Morgan fingerprint density at radius 1 is 1.10 bits per heavy atom. The van der Waals surface area contributed by atoms with Gasteiger partial charge in [0.05, 0.1) is 5.56 Å². The molecule has 0 aliphatic rings. The molecule has 3 aromatic rings. The lowest BCUT2D eigenvalue weighted by Gasteiger charge is -2.18. The van der Waals surface area contributed by atoms with Crippen molar-refractivity contribution < 1.29 is 4.79 Å². The molecule has 5 nitrogen and oxygen atoms in total. The molecule has 1 aromatic carbocycles. The van der Waals surface area contributed by atoms with Crippen LogP contribution in [0, 0.1) is 6.92 Å². The minimum atomic E-state index is -0.0307. The van der Waals surface area contributed by atoms with Gasteiger partial charge in [0.2, 0.25) is 0 Å². The molecule has 5 heteroatoms. The molecule has 1 N–H and O–H groups in total. The smallest absolute Gasteiger partial charge is 0.255 e. The monoisotopic (exact) mass is 388 g/mol. The summed E-state index contributed by atoms with van der Waals surface area (Å²) in [7, 11) is 1.82. The number of anilines is 2. The van der Waals surface area contributed by atoms with E-state index in [1.54, 1.807) is 23.5 Å². The molecule has 0 bridgehead atoms. The second-order valence-corrected chi connectivity index (χ2v) is 7.58. The highest BCUT2D eigenvalue weighted by atomic mass is 16.2. The van der Waals surface area contributed by atoms with Crippen LogP contribution in [-0.2, 0) is 6.42 Å². The van der Waals surface area contributed by atoms with Gasteiger partial charge in [-0.2, -0.15) is 0 Å². The molecular formula is C24H28N4O. The quantitative estimate of drug-likeness (QED) is 0.621. The number of rotatable bonds is 7. The number of carbonyl (C=O) groups is 1. The summed E-state index contributed by atoms with van der Waals surface area (Å²) in [5.74, 6) is 1.11. The lowest BCUT2D eigenvalue weighted by atomic mass is 9.98. The Morgan fingerprint density at radius 2 is 1.86 bits per heavy atom. The van der Waals surface area contributed by atoms with Gasteiger partial charge in [-0.05, 0) is 60.2 Å². The summed E-state index contributed by atoms with van der Waals surface area (Å²) in [4.78, 5) is 22.9. The average molecular weight is 389 g/mol. The van der Waals surface area contributed by atoms with Crippen molar-refractivity contribution in [2.75, 3.05) is 18.9 Å². The zero-order chi connectivity index (χ0) is 20.8. The maximum Gasteiger partial charge on any atom is 0.255 e. The zero-order valence-corrected chi connectivity index (χ0v) is 17.5. The topological polar surface area (TPSA) is 58.1 Å². The molecule has 0 fully saturated rings. The van der Waals surface area contributed by atoms with E-state index in [2.05, 4.69) is 54.3 Å². The highest BCUT2D eigenvalue weighted by Crippen LogP contribution is 2.29. The minimum absolute atomic E-state index is 0.0307. The standard InChI is InChI=1S/C24H28N4O/c1-17(2)21-7-5-6-18(3)23(21)27-22-9-8-20(16-26-22)24(29)28(4)15-12-19-10-13-25-14-11-19/h5-11,13-14,16-17H,12,15H2,1-4H3,(H,26,27). The largest absolute Gasteiger partial charge is 0.341 e. The molecule has 0 aliphatic heterocycles. The molecule has 0 unspecified atom stereocenters. The number of aromatic nitrogens is 2. The van der Waals surface area contributed by atoms with E-state index in [1.807, 2.05) is 31.3 Å². The summed E-state index contributed by atoms with van der Waals surface area (Å²) in [5, 5.41) is 3.42. The van der Waals surface area contributed by atoms with E-state index in [-0.39, 0.29) is 5.91 Å². The van der Waals surface area contributed by atoms with Crippen LogP contribution in [0.5, 0.6) is 0 Å². The fourth-order valence-electron chi connectivity index (χ4n) is 3.23. The van der Waals surface area contributed by atoms with E-state index in [0.29, 0.717) is 18.0 Å². The van der Waals surface area contributed by atoms with Crippen molar-refractivity contribution >= 4 is 17.4 Å². The van der Waals surface area contributed by atoms with Gasteiger partial charge >= 0.3 is 0 Å². The van der Waals surface area contributed by atoms with Crippen molar-refractivity contribution in [3.8, 4) is 0 Å². The van der Waals surface area contributed by atoms with Gasteiger partial charge in [-0.1, -0.05) is 32.0 Å². The van der Waals surface area contributed by atoms with Gasteiger partial charge in [-0.3, -0.25) is 9.78 Å². The predicted octanol–water partition coefficient (Wildman–Crippen LogP) is 4.97. The molecule has 2 heterocycles. The van der Waals surface area contributed by atoms with Crippen molar-refractivity contribution in [1.29, 1.82) is 0 Å². The molecule has 0 radical (unpaired) electrons. The molecule has 0 saturated carbocycles. The van der Waals surface area contributed by atoms with E-state index in [9.17, 15) is 4.79 Å². The third-order valence-corrected chi connectivity index (χ3v) is 5.02. The second kappa shape index (κ2) is 9.32. The number of pyridine rings is 2. The second-order valence-electron chi connectivity index (χ2n) is 7.58. The first-order valence-corrected chi connectivity index (χ1v) is 9.92. The van der Waals surface area contributed by atoms with Crippen LogP contribution in [-0.4, -0.2) is 34.4 Å². The first kappa shape index (κ1) is 20.5. The van der Waals surface area contributed by atoms with E-state index in [1.165, 1.54) is 11.1 Å². The first-order chi connectivity index (χ1) is 14.0. The molecule has 0 spiro atoms. The summed E-state index contributed by atoms with van der Waals surface area (Å²) in [5.41, 5.74) is 5.26. The van der Waals surface area contributed by atoms with Gasteiger partial charge in [0.15, 0.2) is 0 Å². The van der Waals surface area contributed by atoms with Gasteiger partial charge in [-0.15, -0.1) is 0 Å².